The van der Waals surface area contributed by atoms with Crippen LogP contribution in [0.2, 0.25) is 0 Å². The van der Waals surface area contributed by atoms with Crippen LogP contribution in [0.3, 0.4) is 0 Å². The first kappa shape index (κ1) is 18.5. The van der Waals surface area contributed by atoms with Gasteiger partial charge in [-0.25, -0.2) is 9.59 Å². The van der Waals surface area contributed by atoms with Crippen molar-refractivity contribution in [3.8, 4) is 0 Å². The molecule has 0 saturated carbocycles. The molecule has 3 heterocycles. The molecule has 0 aliphatic carbocycles. The Bertz CT molecular complexity index is 1670. The Morgan fingerprint density at radius 2 is 1.48 bits per heavy atom. The standard InChI is InChI=1S/C20H16N6O5/c1-31-16(27)7-15-17(21-8-2-3-10-12(4-8)24-19(29)23-10)18(28)9-5-13-14(6-11(9)22-15)26-20(30)25-13/h2-6,21H,7H2,1H3,(H,22,28)(H2,23,24,29)(H2,25,26,30). The zero-order chi connectivity index (χ0) is 21.7. The van der Waals surface area contributed by atoms with Gasteiger partial charge in [-0.15, -0.1) is 0 Å². The van der Waals surface area contributed by atoms with E-state index in [0.29, 0.717) is 44.4 Å². The number of esters is 1. The van der Waals surface area contributed by atoms with E-state index in [1.165, 1.54) is 7.11 Å². The molecule has 0 spiro atoms. The van der Waals surface area contributed by atoms with Crippen molar-refractivity contribution in [2.24, 2.45) is 0 Å². The van der Waals surface area contributed by atoms with Crippen LogP contribution < -0.4 is 22.1 Å². The van der Waals surface area contributed by atoms with Crippen LogP contribution in [0.4, 0.5) is 11.4 Å². The average molecular weight is 420 g/mol. The smallest absolute Gasteiger partial charge is 0.323 e. The number of aromatic amines is 5. The number of carbonyl (C=O) groups excluding carboxylic acids is 1. The second kappa shape index (κ2) is 6.76. The summed E-state index contributed by atoms with van der Waals surface area (Å²) in [6.07, 6.45) is -0.172. The van der Waals surface area contributed by atoms with Gasteiger partial charge in [-0.05, 0) is 30.3 Å². The number of pyridine rings is 1. The van der Waals surface area contributed by atoms with Gasteiger partial charge in [0.05, 0.1) is 46.8 Å². The van der Waals surface area contributed by atoms with Gasteiger partial charge >= 0.3 is 17.3 Å². The number of carbonyl (C=O) groups is 1. The van der Waals surface area contributed by atoms with Gasteiger partial charge in [0, 0.05) is 11.1 Å². The van der Waals surface area contributed by atoms with Crippen LogP contribution in [-0.4, -0.2) is 38.0 Å². The summed E-state index contributed by atoms with van der Waals surface area (Å²) in [6.45, 7) is 0. The quantitative estimate of drug-likeness (QED) is 0.240. The van der Waals surface area contributed by atoms with E-state index in [9.17, 15) is 19.2 Å². The minimum Gasteiger partial charge on any atom is -0.469 e. The van der Waals surface area contributed by atoms with Crippen molar-refractivity contribution in [2.75, 3.05) is 12.4 Å². The first-order valence-electron chi connectivity index (χ1n) is 9.28. The fourth-order valence-corrected chi connectivity index (χ4v) is 3.61. The highest BCUT2D eigenvalue weighted by Gasteiger charge is 2.17. The summed E-state index contributed by atoms with van der Waals surface area (Å²) in [5, 5.41) is 3.38. The lowest BCUT2D eigenvalue weighted by molar-refractivity contribution is -0.139. The van der Waals surface area contributed by atoms with E-state index in [-0.39, 0.29) is 28.9 Å². The second-order valence-corrected chi connectivity index (χ2v) is 7.05. The highest BCUT2D eigenvalue weighted by Crippen LogP contribution is 2.24. The maximum atomic E-state index is 13.3. The average Bonchev–Trinajstić information content (AvgIpc) is 3.28. The molecule has 2 aromatic carbocycles. The fraction of sp³-hybridized carbons (Fsp3) is 0.100. The lowest BCUT2D eigenvalue weighted by atomic mass is 10.1. The van der Waals surface area contributed by atoms with Crippen molar-refractivity contribution in [3.63, 3.8) is 0 Å². The Hall–Kier alpha value is -4.54. The third-order valence-electron chi connectivity index (χ3n) is 5.05. The largest absolute Gasteiger partial charge is 0.469 e. The number of hydrogen-bond acceptors (Lipinski definition) is 6. The van der Waals surface area contributed by atoms with Crippen LogP contribution in [-0.2, 0) is 16.0 Å². The summed E-state index contributed by atoms with van der Waals surface area (Å²) in [7, 11) is 1.26. The highest BCUT2D eigenvalue weighted by atomic mass is 16.5. The van der Waals surface area contributed by atoms with Crippen molar-refractivity contribution in [1.29, 1.82) is 0 Å². The minimum atomic E-state index is -0.528. The zero-order valence-corrected chi connectivity index (χ0v) is 16.1. The van der Waals surface area contributed by atoms with E-state index < -0.39 is 5.97 Å². The third kappa shape index (κ3) is 3.17. The van der Waals surface area contributed by atoms with Crippen molar-refractivity contribution >= 4 is 50.3 Å². The molecule has 0 aliphatic rings. The summed E-state index contributed by atoms with van der Waals surface area (Å²) in [5.74, 6) is -0.528. The van der Waals surface area contributed by atoms with Crippen LogP contribution in [0.15, 0.2) is 44.7 Å². The van der Waals surface area contributed by atoms with Gasteiger partial charge in [-0.1, -0.05) is 0 Å². The van der Waals surface area contributed by atoms with Crippen molar-refractivity contribution in [3.05, 3.63) is 67.2 Å². The molecule has 6 N–H and O–H groups in total. The topological polar surface area (TPSA) is 168 Å². The van der Waals surface area contributed by atoms with Gasteiger partial charge in [0.2, 0.25) is 5.43 Å². The number of benzene rings is 2. The Morgan fingerprint density at radius 3 is 2.19 bits per heavy atom. The number of H-pyrrole nitrogens is 5. The maximum Gasteiger partial charge on any atom is 0.323 e. The van der Waals surface area contributed by atoms with Gasteiger partial charge in [-0.2, -0.15) is 0 Å². The third-order valence-corrected chi connectivity index (χ3v) is 5.05. The summed E-state index contributed by atoms with van der Waals surface area (Å²) < 4.78 is 4.76. The SMILES string of the molecule is COC(=O)Cc1[nH]c2cc3[nH]c(=O)[nH]c3cc2c(=O)c1Nc1ccc2[nH]c(=O)[nH]c2c1. The Kier molecular flexibility index (Phi) is 4.03. The number of anilines is 2. The van der Waals surface area contributed by atoms with E-state index in [0.717, 1.165) is 0 Å². The Morgan fingerprint density at radius 1 is 0.839 bits per heavy atom. The molecule has 5 aromatic rings. The number of fused-ring (bicyclic) bond motifs is 3. The van der Waals surface area contributed by atoms with Crippen LogP contribution in [0.5, 0.6) is 0 Å². The van der Waals surface area contributed by atoms with E-state index in [1.807, 2.05) is 0 Å². The van der Waals surface area contributed by atoms with Gasteiger partial charge in [-0.3, -0.25) is 9.59 Å². The van der Waals surface area contributed by atoms with Crippen LogP contribution >= 0.6 is 0 Å². The van der Waals surface area contributed by atoms with Crippen LogP contribution in [0.1, 0.15) is 5.69 Å². The predicted octanol–water partition coefficient (Wildman–Crippen LogP) is 1.33. The van der Waals surface area contributed by atoms with Crippen molar-refractivity contribution in [1.82, 2.24) is 24.9 Å². The van der Waals surface area contributed by atoms with Crippen LogP contribution in [0.25, 0.3) is 33.0 Å². The molecular weight excluding hydrogens is 404 g/mol. The highest BCUT2D eigenvalue weighted by molar-refractivity contribution is 5.95. The van der Waals surface area contributed by atoms with E-state index >= 15 is 0 Å². The monoisotopic (exact) mass is 420 g/mol. The molecule has 5 rings (SSSR count). The molecule has 0 atom stereocenters. The molecule has 0 radical (unpaired) electrons. The molecule has 11 heteroatoms. The number of hydrogen-bond donors (Lipinski definition) is 6. The number of methoxy groups -OCH3 is 1. The Balaban J connectivity index is 1.71. The normalized spacial score (nSPS) is 11.4. The molecule has 0 saturated heterocycles. The molecule has 156 valence electrons. The lowest BCUT2D eigenvalue weighted by Gasteiger charge is -2.13. The van der Waals surface area contributed by atoms with Gasteiger partial charge < -0.3 is 35.0 Å². The molecule has 0 bridgehead atoms. The van der Waals surface area contributed by atoms with Crippen LogP contribution in [0, 0.1) is 0 Å². The van der Waals surface area contributed by atoms with Gasteiger partial charge in [0.1, 0.15) is 5.69 Å². The summed E-state index contributed by atoms with van der Waals surface area (Å²) in [4.78, 5) is 62.1. The first-order valence-corrected chi connectivity index (χ1v) is 9.28. The summed E-state index contributed by atoms with van der Waals surface area (Å²) >= 11 is 0. The number of imidazole rings is 2. The fourth-order valence-electron chi connectivity index (χ4n) is 3.61. The number of ether oxygens (including phenoxy) is 1. The van der Waals surface area contributed by atoms with Gasteiger partial charge in [0.25, 0.3) is 0 Å². The zero-order valence-electron chi connectivity index (χ0n) is 16.1. The van der Waals surface area contributed by atoms with Crippen molar-refractivity contribution < 1.29 is 9.53 Å². The number of nitrogens with one attached hydrogen (secondary N) is 6. The number of rotatable bonds is 4. The molecule has 0 unspecified atom stereocenters. The molecule has 0 amide bonds. The summed E-state index contributed by atoms with van der Waals surface area (Å²) in [6, 6.07) is 8.27. The lowest BCUT2D eigenvalue weighted by Crippen LogP contribution is -2.17. The second-order valence-electron chi connectivity index (χ2n) is 7.05. The molecule has 0 fully saturated rings. The maximum absolute atomic E-state index is 13.3. The van der Waals surface area contributed by atoms with Gasteiger partial charge in [0.15, 0.2) is 0 Å². The molecular formula is C20H16N6O5. The van der Waals surface area contributed by atoms with E-state index in [1.54, 1.807) is 30.3 Å². The number of aromatic nitrogens is 5. The first-order chi connectivity index (χ1) is 14.9. The summed E-state index contributed by atoms with van der Waals surface area (Å²) in [5.41, 5.74) is 2.59. The van der Waals surface area contributed by atoms with Crippen molar-refractivity contribution in [2.45, 2.75) is 6.42 Å². The molecule has 31 heavy (non-hydrogen) atoms. The van der Waals surface area contributed by atoms with E-state index in [2.05, 4.69) is 30.2 Å². The molecule has 11 nitrogen and oxygen atoms in total. The minimum absolute atomic E-state index is 0.160. The Labute approximate surface area is 171 Å². The molecule has 3 aromatic heterocycles. The van der Waals surface area contributed by atoms with E-state index in [4.69, 9.17) is 4.74 Å². The molecule has 0 aliphatic heterocycles. The predicted molar refractivity (Wildman–Crippen MR) is 115 cm³/mol.